The lowest BCUT2D eigenvalue weighted by Gasteiger charge is -2.40. The number of ether oxygens (including phenoxy) is 8. The van der Waals surface area contributed by atoms with E-state index in [1.54, 1.807) is 20.8 Å². The maximum absolute atomic E-state index is 11.7. The molecular formula is C18H28O11. The number of hydrogen-bond donors (Lipinski definition) is 0. The van der Waals surface area contributed by atoms with Crippen molar-refractivity contribution in [3.8, 4) is 0 Å². The molecule has 2 heterocycles. The molecule has 2 rings (SSSR count). The molecule has 11 heteroatoms. The summed E-state index contributed by atoms with van der Waals surface area (Å²) in [5.74, 6) is -1.84. The molecule has 0 N–H and O–H groups in total. The smallest absolute Gasteiger partial charge is 0.415 e. The molecule has 6 atom stereocenters. The number of carbonyl (C=O) groups is 3. The van der Waals surface area contributed by atoms with Crippen molar-refractivity contribution < 1.29 is 52.3 Å². The SMILES string of the molecule is CCOC1(OC(C)C)O[C@H]2O[C@H](COC(C)=O)[C@@H](OC(C)=O)[C@H](OC(C)=O)[C@H]2O1. The Bertz CT molecular complexity index is 607. The van der Waals surface area contributed by atoms with Gasteiger partial charge in [-0.3, -0.25) is 23.9 Å². The average molecular weight is 420 g/mol. The van der Waals surface area contributed by atoms with E-state index in [-0.39, 0.29) is 19.3 Å². The van der Waals surface area contributed by atoms with Crippen LogP contribution in [-0.2, 0) is 52.3 Å². The van der Waals surface area contributed by atoms with E-state index in [0.29, 0.717) is 0 Å². The van der Waals surface area contributed by atoms with Crippen LogP contribution in [0, 0.1) is 0 Å². The van der Waals surface area contributed by atoms with Crippen LogP contribution in [0.3, 0.4) is 0 Å². The minimum Gasteiger partial charge on any atom is -0.463 e. The summed E-state index contributed by atoms with van der Waals surface area (Å²) in [4.78, 5) is 34.6. The van der Waals surface area contributed by atoms with Crippen LogP contribution in [0.15, 0.2) is 0 Å². The van der Waals surface area contributed by atoms with Crippen molar-refractivity contribution in [2.24, 2.45) is 0 Å². The molecule has 0 aromatic rings. The van der Waals surface area contributed by atoms with Crippen LogP contribution in [-0.4, -0.2) is 74.1 Å². The Balaban J connectivity index is 2.35. The van der Waals surface area contributed by atoms with Crippen LogP contribution >= 0.6 is 0 Å². The van der Waals surface area contributed by atoms with Crippen LogP contribution in [0.4, 0.5) is 0 Å². The third-order valence-corrected chi connectivity index (χ3v) is 3.89. The molecule has 166 valence electrons. The molecule has 2 fully saturated rings. The first-order chi connectivity index (χ1) is 13.6. The van der Waals surface area contributed by atoms with Gasteiger partial charge in [-0.1, -0.05) is 0 Å². The molecule has 2 aliphatic rings. The van der Waals surface area contributed by atoms with E-state index in [9.17, 15) is 14.4 Å². The molecule has 29 heavy (non-hydrogen) atoms. The molecule has 0 saturated carbocycles. The Morgan fingerprint density at radius 3 is 2.10 bits per heavy atom. The van der Waals surface area contributed by atoms with Crippen molar-refractivity contribution in [3.05, 3.63) is 0 Å². The number of fused-ring (bicyclic) bond motifs is 1. The van der Waals surface area contributed by atoms with E-state index in [1.165, 1.54) is 20.8 Å². The fraction of sp³-hybridized carbons (Fsp3) is 0.833. The zero-order valence-corrected chi connectivity index (χ0v) is 17.4. The zero-order chi connectivity index (χ0) is 21.8. The summed E-state index contributed by atoms with van der Waals surface area (Å²) in [7, 11) is 0. The largest absolute Gasteiger partial charge is 0.463 e. The topological polar surface area (TPSA) is 125 Å². The fourth-order valence-corrected chi connectivity index (χ4v) is 3.05. The van der Waals surface area contributed by atoms with Gasteiger partial charge in [-0.25, -0.2) is 0 Å². The first-order valence-electron chi connectivity index (χ1n) is 9.37. The van der Waals surface area contributed by atoms with Gasteiger partial charge >= 0.3 is 24.1 Å². The van der Waals surface area contributed by atoms with Crippen molar-refractivity contribution >= 4 is 17.9 Å². The maximum atomic E-state index is 11.7. The van der Waals surface area contributed by atoms with Gasteiger partial charge in [0.05, 0.1) is 12.7 Å². The van der Waals surface area contributed by atoms with Gasteiger partial charge < -0.3 is 28.4 Å². The molecule has 0 bridgehead atoms. The summed E-state index contributed by atoms with van der Waals surface area (Å²) in [6, 6.07) is 0. The lowest BCUT2D eigenvalue weighted by molar-refractivity contribution is -0.484. The molecular weight excluding hydrogens is 392 g/mol. The molecule has 2 aliphatic heterocycles. The van der Waals surface area contributed by atoms with Crippen LogP contribution in [0.25, 0.3) is 0 Å². The van der Waals surface area contributed by atoms with Crippen LogP contribution in [0.2, 0.25) is 0 Å². The molecule has 1 unspecified atom stereocenters. The van der Waals surface area contributed by atoms with Crippen LogP contribution < -0.4 is 0 Å². The van der Waals surface area contributed by atoms with Crippen molar-refractivity contribution in [1.82, 2.24) is 0 Å². The monoisotopic (exact) mass is 420 g/mol. The summed E-state index contributed by atoms with van der Waals surface area (Å²) in [6.07, 6.45) is -7.57. The van der Waals surface area contributed by atoms with E-state index in [0.717, 1.165) is 0 Å². The van der Waals surface area contributed by atoms with Crippen molar-refractivity contribution in [2.45, 2.75) is 84.5 Å². The predicted octanol–water partition coefficient (Wildman–Crippen LogP) is 0.626. The third kappa shape index (κ3) is 6.09. The van der Waals surface area contributed by atoms with Crippen molar-refractivity contribution in [1.29, 1.82) is 0 Å². The van der Waals surface area contributed by atoms with Gasteiger partial charge in [-0.05, 0) is 20.8 Å². The molecule has 0 aliphatic carbocycles. The lowest BCUT2D eigenvalue weighted by Crippen LogP contribution is -2.60. The van der Waals surface area contributed by atoms with E-state index in [2.05, 4.69) is 0 Å². The van der Waals surface area contributed by atoms with E-state index in [4.69, 9.17) is 37.9 Å². The number of carbonyl (C=O) groups excluding carboxylic acids is 3. The van der Waals surface area contributed by atoms with E-state index < -0.39 is 54.8 Å². The summed E-state index contributed by atoms with van der Waals surface area (Å²) in [6.45, 7) is 8.78. The molecule has 0 spiro atoms. The zero-order valence-electron chi connectivity index (χ0n) is 17.4. The highest BCUT2D eigenvalue weighted by molar-refractivity contribution is 5.67. The van der Waals surface area contributed by atoms with Crippen LogP contribution in [0.1, 0.15) is 41.5 Å². The quantitative estimate of drug-likeness (QED) is 0.312. The molecule has 0 aromatic carbocycles. The summed E-state index contributed by atoms with van der Waals surface area (Å²) >= 11 is 0. The second-order valence-corrected chi connectivity index (χ2v) is 6.79. The Hall–Kier alpha value is -1.79. The highest BCUT2D eigenvalue weighted by Gasteiger charge is 2.62. The second-order valence-electron chi connectivity index (χ2n) is 6.79. The molecule has 0 radical (unpaired) electrons. The minimum atomic E-state index is -1.90. The minimum absolute atomic E-state index is 0.189. The molecule has 0 aromatic heterocycles. The van der Waals surface area contributed by atoms with E-state index >= 15 is 0 Å². The highest BCUT2D eigenvalue weighted by atomic mass is 17.1. The molecule has 0 amide bonds. The normalized spacial score (nSPS) is 33.8. The third-order valence-electron chi connectivity index (χ3n) is 3.89. The Kier molecular flexibility index (Phi) is 7.94. The average Bonchev–Trinajstić information content (AvgIpc) is 2.91. The molecule has 2 saturated heterocycles. The first kappa shape index (κ1) is 23.5. The summed E-state index contributed by atoms with van der Waals surface area (Å²) in [5, 5.41) is 0. The van der Waals surface area contributed by atoms with Gasteiger partial charge in [0, 0.05) is 20.8 Å². The summed E-state index contributed by atoms with van der Waals surface area (Å²) in [5.41, 5.74) is 0. The Morgan fingerprint density at radius 1 is 0.966 bits per heavy atom. The number of esters is 3. The Labute approximate surface area is 168 Å². The van der Waals surface area contributed by atoms with Gasteiger partial charge in [-0.15, -0.1) is 0 Å². The summed E-state index contributed by atoms with van der Waals surface area (Å²) < 4.78 is 44.3. The van der Waals surface area contributed by atoms with Crippen LogP contribution in [0.5, 0.6) is 0 Å². The Morgan fingerprint density at radius 2 is 1.59 bits per heavy atom. The first-order valence-corrected chi connectivity index (χ1v) is 9.37. The van der Waals surface area contributed by atoms with E-state index in [1.807, 2.05) is 0 Å². The standard InChI is InChI=1S/C18H28O11/c1-7-23-18(27-9(2)3)28-16-15(25-12(6)21)14(24-11(5)20)13(8-22-10(4)19)26-17(16)29-18/h9,13-17H,7-8H2,1-6H3/t13-,14-,15+,16-,17-,18?/m1/s1. The number of rotatable bonds is 8. The van der Waals surface area contributed by atoms with Gasteiger partial charge in [0.2, 0.25) is 0 Å². The predicted molar refractivity (Wildman–Crippen MR) is 92.9 cm³/mol. The number of hydrogen-bond acceptors (Lipinski definition) is 11. The lowest BCUT2D eigenvalue weighted by atomic mass is 9.98. The van der Waals surface area contributed by atoms with Gasteiger partial charge in [0.15, 0.2) is 24.6 Å². The second kappa shape index (κ2) is 9.81. The van der Waals surface area contributed by atoms with Gasteiger partial charge in [0.1, 0.15) is 12.7 Å². The maximum Gasteiger partial charge on any atom is 0.415 e. The van der Waals surface area contributed by atoms with Gasteiger partial charge in [-0.2, -0.15) is 0 Å². The fourth-order valence-electron chi connectivity index (χ4n) is 3.05. The highest BCUT2D eigenvalue weighted by Crippen LogP contribution is 2.40. The van der Waals surface area contributed by atoms with Crippen molar-refractivity contribution in [3.63, 3.8) is 0 Å². The van der Waals surface area contributed by atoms with Gasteiger partial charge in [0.25, 0.3) is 0 Å². The molecule has 11 nitrogen and oxygen atoms in total. The van der Waals surface area contributed by atoms with Crippen molar-refractivity contribution in [2.75, 3.05) is 13.2 Å².